The SMILES string of the molecule is CC(C)c1nc(N)cc(N(C)Cc2ccccc2Cl)n1. The average Bonchev–Trinajstić information content (AvgIpc) is 2.40. The van der Waals surface area contributed by atoms with Crippen LogP contribution < -0.4 is 10.6 Å². The maximum absolute atomic E-state index is 6.18. The van der Waals surface area contributed by atoms with Gasteiger partial charge < -0.3 is 10.6 Å². The van der Waals surface area contributed by atoms with Crippen LogP contribution in [0, 0.1) is 0 Å². The predicted octanol–water partition coefficient (Wildman–Crippen LogP) is 3.47. The first kappa shape index (κ1) is 14.6. The van der Waals surface area contributed by atoms with E-state index in [0.29, 0.717) is 12.4 Å². The number of hydrogen-bond donors (Lipinski definition) is 1. The molecule has 0 atom stereocenters. The molecule has 5 heteroatoms. The minimum atomic E-state index is 0.242. The summed E-state index contributed by atoms with van der Waals surface area (Å²) in [5.41, 5.74) is 6.91. The second kappa shape index (κ2) is 6.09. The molecule has 0 saturated heterocycles. The molecule has 0 amide bonds. The van der Waals surface area contributed by atoms with Gasteiger partial charge in [0.15, 0.2) is 0 Å². The van der Waals surface area contributed by atoms with Crippen LogP contribution in [0.5, 0.6) is 0 Å². The third-order valence-electron chi connectivity index (χ3n) is 3.02. The van der Waals surface area contributed by atoms with Crippen molar-refractivity contribution in [2.24, 2.45) is 0 Å². The van der Waals surface area contributed by atoms with Gasteiger partial charge in [0.05, 0.1) is 0 Å². The molecule has 4 nitrogen and oxygen atoms in total. The van der Waals surface area contributed by atoms with Gasteiger partial charge in [0.25, 0.3) is 0 Å². The molecule has 1 heterocycles. The molecule has 2 rings (SSSR count). The van der Waals surface area contributed by atoms with E-state index in [4.69, 9.17) is 17.3 Å². The van der Waals surface area contributed by atoms with Crippen molar-refractivity contribution in [1.82, 2.24) is 9.97 Å². The van der Waals surface area contributed by atoms with E-state index >= 15 is 0 Å². The molecule has 0 radical (unpaired) electrons. The third kappa shape index (κ3) is 3.39. The lowest BCUT2D eigenvalue weighted by Crippen LogP contribution is -2.19. The largest absolute Gasteiger partial charge is 0.384 e. The van der Waals surface area contributed by atoms with Gasteiger partial charge in [-0.15, -0.1) is 0 Å². The van der Waals surface area contributed by atoms with Crippen molar-refractivity contribution >= 4 is 23.2 Å². The first-order chi connectivity index (χ1) is 9.47. The molecule has 0 unspecified atom stereocenters. The third-order valence-corrected chi connectivity index (χ3v) is 3.39. The van der Waals surface area contributed by atoms with Crippen LogP contribution in [0.1, 0.15) is 31.2 Å². The Morgan fingerprint density at radius 1 is 1.25 bits per heavy atom. The zero-order valence-electron chi connectivity index (χ0n) is 12.0. The molecule has 0 saturated carbocycles. The Morgan fingerprint density at radius 3 is 2.60 bits per heavy atom. The topological polar surface area (TPSA) is 55.0 Å². The van der Waals surface area contributed by atoms with Crippen molar-refractivity contribution in [2.45, 2.75) is 26.3 Å². The van der Waals surface area contributed by atoms with Crippen LogP contribution in [0.15, 0.2) is 30.3 Å². The number of nitrogens with two attached hydrogens (primary N) is 1. The van der Waals surface area contributed by atoms with E-state index in [1.165, 1.54) is 0 Å². The lowest BCUT2D eigenvalue weighted by Gasteiger charge is -2.20. The van der Waals surface area contributed by atoms with Crippen molar-refractivity contribution in [1.29, 1.82) is 0 Å². The number of halogens is 1. The number of aromatic nitrogens is 2. The average molecular weight is 291 g/mol. The molecule has 0 aliphatic heterocycles. The zero-order valence-corrected chi connectivity index (χ0v) is 12.7. The highest BCUT2D eigenvalue weighted by Crippen LogP contribution is 2.21. The molecular weight excluding hydrogens is 272 g/mol. The van der Waals surface area contributed by atoms with Crippen molar-refractivity contribution in [3.63, 3.8) is 0 Å². The Labute approximate surface area is 124 Å². The fraction of sp³-hybridized carbons (Fsp3) is 0.333. The summed E-state index contributed by atoms with van der Waals surface area (Å²) < 4.78 is 0. The number of hydrogen-bond acceptors (Lipinski definition) is 4. The molecule has 0 bridgehead atoms. The second-order valence-electron chi connectivity index (χ2n) is 5.11. The van der Waals surface area contributed by atoms with Crippen LogP contribution in [0.2, 0.25) is 5.02 Å². The smallest absolute Gasteiger partial charge is 0.135 e. The molecule has 2 aromatic rings. The Balaban J connectivity index is 2.25. The van der Waals surface area contributed by atoms with Crippen LogP contribution in [0.3, 0.4) is 0 Å². The summed E-state index contributed by atoms with van der Waals surface area (Å²) in [6.45, 7) is 4.77. The monoisotopic (exact) mass is 290 g/mol. The van der Waals surface area contributed by atoms with E-state index in [1.807, 2.05) is 50.1 Å². The molecule has 106 valence electrons. The standard InChI is InChI=1S/C15H19ClN4/c1-10(2)15-18-13(17)8-14(19-15)20(3)9-11-6-4-5-7-12(11)16/h4-8,10H,9H2,1-3H3,(H2,17,18,19). The first-order valence-electron chi connectivity index (χ1n) is 6.56. The fourth-order valence-electron chi connectivity index (χ4n) is 1.89. The van der Waals surface area contributed by atoms with Crippen molar-refractivity contribution < 1.29 is 0 Å². The molecular formula is C15H19ClN4. The van der Waals surface area contributed by atoms with Crippen LogP contribution in [-0.2, 0) is 6.54 Å². The molecule has 20 heavy (non-hydrogen) atoms. The summed E-state index contributed by atoms with van der Waals surface area (Å²) in [5, 5.41) is 0.755. The molecule has 1 aromatic carbocycles. The number of nitrogen functional groups attached to an aromatic ring is 1. The molecule has 0 fully saturated rings. The van der Waals surface area contributed by atoms with E-state index in [0.717, 1.165) is 22.2 Å². The Kier molecular flexibility index (Phi) is 4.45. The van der Waals surface area contributed by atoms with E-state index in [1.54, 1.807) is 6.07 Å². The van der Waals surface area contributed by atoms with Crippen LogP contribution in [0.4, 0.5) is 11.6 Å². The Hall–Kier alpha value is -1.81. The minimum absolute atomic E-state index is 0.242. The maximum atomic E-state index is 6.18. The zero-order chi connectivity index (χ0) is 14.7. The van der Waals surface area contributed by atoms with Crippen molar-refractivity contribution in [2.75, 3.05) is 17.7 Å². The highest BCUT2D eigenvalue weighted by atomic mass is 35.5. The summed E-state index contributed by atoms with van der Waals surface area (Å²) in [6.07, 6.45) is 0. The molecule has 1 aromatic heterocycles. The number of nitrogens with zero attached hydrogens (tertiary/aromatic N) is 3. The van der Waals surface area contributed by atoms with E-state index in [2.05, 4.69) is 9.97 Å². The quantitative estimate of drug-likeness (QED) is 0.937. The van der Waals surface area contributed by atoms with Gasteiger partial charge in [-0.1, -0.05) is 43.6 Å². The second-order valence-corrected chi connectivity index (χ2v) is 5.52. The van der Waals surface area contributed by atoms with Gasteiger partial charge in [0, 0.05) is 30.6 Å². The normalized spacial score (nSPS) is 10.8. The summed E-state index contributed by atoms with van der Waals surface area (Å²) in [7, 11) is 1.97. The van der Waals surface area contributed by atoms with Gasteiger partial charge in [0.1, 0.15) is 17.5 Å². The summed E-state index contributed by atoms with van der Waals surface area (Å²) >= 11 is 6.18. The van der Waals surface area contributed by atoms with Gasteiger partial charge in [-0.2, -0.15) is 0 Å². The Bertz CT molecular complexity index is 598. The summed E-state index contributed by atoms with van der Waals surface area (Å²) in [5.74, 6) is 2.29. The molecule has 0 aliphatic carbocycles. The summed E-state index contributed by atoms with van der Waals surface area (Å²) in [4.78, 5) is 10.8. The lowest BCUT2D eigenvalue weighted by molar-refractivity contribution is 0.765. The van der Waals surface area contributed by atoms with Gasteiger partial charge in [-0.25, -0.2) is 9.97 Å². The van der Waals surface area contributed by atoms with Crippen LogP contribution in [0.25, 0.3) is 0 Å². The number of anilines is 2. The van der Waals surface area contributed by atoms with Crippen LogP contribution in [-0.4, -0.2) is 17.0 Å². The van der Waals surface area contributed by atoms with Crippen molar-refractivity contribution in [3.05, 3.63) is 46.7 Å². The van der Waals surface area contributed by atoms with E-state index in [-0.39, 0.29) is 5.92 Å². The molecule has 2 N–H and O–H groups in total. The predicted molar refractivity (Wildman–Crippen MR) is 84.1 cm³/mol. The van der Waals surface area contributed by atoms with Gasteiger partial charge >= 0.3 is 0 Å². The van der Waals surface area contributed by atoms with Gasteiger partial charge in [0.2, 0.25) is 0 Å². The maximum Gasteiger partial charge on any atom is 0.135 e. The number of benzene rings is 1. The van der Waals surface area contributed by atoms with E-state index < -0.39 is 0 Å². The van der Waals surface area contributed by atoms with Crippen molar-refractivity contribution in [3.8, 4) is 0 Å². The number of rotatable bonds is 4. The molecule has 0 spiro atoms. The van der Waals surface area contributed by atoms with E-state index in [9.17, 15) is 0 Å². The fourth-order valence-corrected chi connectivity index (χ4v) is 2.08. The minimum Gasteiger partial charge on any atom is -0.384 e. The van der Waals surface area contributed by atoms with Gasteiger partial charge in [-0.3, -0.25) is 0 Å². The summed E-state index contributed by atoms with van der Waals surface area (Å²) in [6, 6.07) is 9.57. The lowest BCUT2D eigenvalue weighted by atomic mass is 10.2. The molecule has 0 aliphatic rings. The first-order valence-corrected chi connectivity index (χ1v) is 6.94. The van der Waals surface area contributed by atoms with Gasteiger partial charge in [-0.05, 0) is 11.6 Å². The van der Waals surface area contributed by atoms with Crippen LogP contribution >= 0.6 is 11.6 Å². The Morgan fingerprint density at radius 2 is 1.95 bits per heavy atom. The highest BCUT2D eigenvalue weighted by molar-refractivity contribution is 6.31. The highest BCUT2D eigenvalue weighted by Gasteiger charge is 2.11.